The highest BCUT2D eigenvalue weighted by Gasteiger charge is 2.39. The van der Waals surface area contributed by atoms with Gasteiger partial charge in [-0.25, -0.2) is 0 Å². The molecule has 2 unspecified atom stereocenters. The topological polar surface area (TPSA) is 84.9 Å². The number of hydrogen-bond donors (Lipinski definition) is 1. The van der Waals surface area contributed by atoms with Gasteiger partial charge in [-0.3, -0.25) is 19.3 Å². The number of rotatable bonds is 5. The Morgan fingerprint density at radius 2 is 2.12 bits per heavy atom. The van der Waals surface area contributed by atoms with Gasteiger partial charge in [0.2, 0.25) is 12.7 Å². The highest BCUT2D eigenvalue weighted by molar-refractivity contribution is 8.18. The van der Waals surface area contributed by atoms with E-state index < -0.39 is 0 Å². The number of benzene rings is 1. The number of fused-ring (bicyclic) bond motifs is 1. The van der Waals surface area contributed by atoms with Crippen LogP contribution in [0.2, 0.25) is 0 Å². The van der Waals surface area contributed by atoms with Crippen LogP contribution < -0.4 is 14.8 Å². The third kappa shape index (κ3) is 3.29. The first-order valence-corrected chi connectivity index (χ1v) is 9.27. The molecule has 2 fully saturated rings. The van der Waals surface area contributed by atoms with Gasteiger partial charge >= 0.3 is 0 Å². The molecule has 0 bridgehead atoms. The second-order valence-corrected chi connectivity index (χ2v) is 7.55. The first-order chi connectivity index (χ1) is 12.5. The van der Waals surface area contributed by atoms with Crippen molar-refractivity contribution in [1.29, 1.82) is 0 Å². The van der Waals surface area contributed by atoms with Crippen LogP contribution in [0.4, 0.5) is 4.79 Å². The minimum absolute atomic E-state index is 0.000346. The maximum absolute atomic E-state index is 12.5. The Morgan fingerprint density at radius 3 is 2.88 bits per heavy atom. The van der Waals surface area contributed by atoms with Crippen LogP contribution >= 0.6 is 11.8 Å². The van der Waals surface area contributed by atoms with Crippen molar-refractivity contribution in [3.8, 4) is 11.5 Å². The van der Waals surface area contributed by atoms with Gasteiger partial charge in [0.25, 0.3) is 11.1 Å². The molecular formula is C18H18N2O5S. The van der Waals surface area contributed by atoms with E-state index in [-0.39, 0.29) is 42.9 Å². The number of hydrogen-bond acceptors (Lipinski definition) is 6. The van der Waals surface area contributed by atoms with Crippen molar-refractivity contribution in [3.05, 3.63) is 28.7 Å². The van der Waals surface area contributed by atoms with E-state index in [4.69, 9.17) is 9.47 Å². The summed E-state index contributed by atoms with van der Waals surface area (Å²) >= 11 is 0.902. The third-order valence-electron chi connectivity index (χ3n) is 4.65. The van der Waals surface area contributed by atoms with E-state index in [1.165, 1.54) is 4.90 Å². The van der Waals surface area contributed by atoms with Gasteiger partial charge in [0.15, 0.2) is 11.5 Å². The molecule has 1 aromatic rings. The predicted octanol–water partition coefficient (Wildman–Crippen LogP) is 2.22. The van der Waals surface area contributed by atoms with E-state index in [1.807, 2.05) is 6.92 Å². The molecule has 0 aromatic heterocycles. The van der Waals surface area contributed by atoms with E-state index in [0.717, 1.165) is 23.7 Å². The number of ether oxygens (including phenoxy) is 2. The monoisotopic (exact) mass is 374 g/mol. The van der Waals surface area contributed by atoms with Crippen molar-refractivity contribution < 1.29 is 23.9 Å². The zero-order chi connectivity index (χ0) is 18.3. The van der Waals surface area contributed by atoms with E-state index >= 15 is 0 Å². The van der Waals surface area contributed by atoms with Gasteiger partial charge in [-0.05, 0) is 47.9 Å². The minimum Gasteiger partial charge on any atom is -0.454 e. The molecule has 2 aliphatic heterocycles. The lowest BCUT2D eigenvalue weighted by Crippen LogP contribution is -2.37. The van der Waals surface area contributed by atoms with Crippen molar-refractivity contribution in [2.75, 3.05) is 19.9 Å². The molecule has 2 atom stereocenters. The summed E-state index contributed by atoms with van der Waals surface area (Å²) in [6.07, 6.45) is 2.57. The number of thioether (sulfide) groups is 1. The van der Waals surface area contributed by atoms with Gasteiger partial charge in [-0.2, -0.15) is 0 Å². The fourth-order valence-electron chi connectivity index (χ4n) is 2.96. The Bertz CT molecular complexity index is 822. The summed E-state index contributed by atoms with van der Waals surface area (Å²) in [6, 6.07) is 5.35. The van der Waals surface area contributed by atoms with Gasteiger partial charge in [-0.15, -0.1) is 0 Å². The van der Waals surface area contributed by atoms with Crippen molar-refractivity contribution in [2.45, 2.75) is 13.3 Å². The zero-order valence-electron chi connectivity index (χ0n) is 14.2. The van der Waals surface area contributed by atoms with Gasteiger partial charge in [-0.1, -0.05) is 13.0 Å². The summed E-state index contributed by atoms with van der Waals surface area (Å²) in [5.74, 6) is 1.45. The highest BCUT2D eigenvalue weighted by atomic mass is 32.2. The van der Waals surface area contributed by atoms with Crippen LogP contribution in [-0.4, -0.2) is 41.8 Å². The number of carbonyl (C=O) groups excluding carboxylic acids is 3. The van der Waals surface area contributed by atoms with Crippen LogP contribution in [0.5, 0.6) is 11.5 Å². The Morgan fingerprint density at radius 1 is 1.35 bits per heavy atom. The molecule has 1 aromatic carbocycles. The molecule has 0 radical (unpaired) electrons. The second kappa shape index (κ2) is 6.68. The lowest BCUT2D eigenvalue weighted by atomic mass is 10.2. The summed E-state index contributed by atoms with van der Waals surface area (Å²) in [6.45, 7) is 2.66. The van der Waals surface area contributed by atoms with Gasteiger partial charge in [0.1, 0.15) is 0 Å². The first-order valence-electron chi connectivity index (χ1n) is 8.45. The number of nitrogens with zero attached hydrogens (tertiary/aromatic N) is 1. The first kappa shape index (κ1) is 17.0. The average Bonchev–Trinajstić information content (AvgIpc) is 3.07. The standard InChI is InChI=1S/C18H18N2O5S/c1-10-6-12(10)16(21)19-4-5-20-17(22)15(26-18(20)23)8-11-2-3-13-14(7-11)25-9-24-13/h2-3,7-8,10,12H,4-6,9H2,1H3,(H,19,21)/b15-8-. The van der Waals surface area contributed by atoms with Crippen LogP contribution in [0.3, 0.4) is 0 Å². The lowest BCUT2D eigenvalue weighted by Gasteiger charge is -2.12. The molecule has 2 heterocycles. The summed E-state index contributed by atoms with van der Waals surface area (Å²) < 4.78 is 10.6. The summed E-state index contributed by atoms with van der Waals surface area (Å²) in [5, 5.41) is 2.47. The Labute approximate surface area is 154 Å². The summed E-state index contributed by atoms with van der Waals surface area (Å²) in [5.41, 5.74) is 0.760. The smallest absolute Gasteiger partial charge is 0.293 e. The minimum atomic E-state index is -0.341. The maximum Gasteiger partial charge on any atom is 0.293 e. The number of imide groups is 1. The second-order valence-electron chi connectivity index (χ2n) is 6.56. The highest BCUT2D eigenvalue weighted by Crippen LogP contribution is 2.38. The Balaban J connectivity index is 1.38. The van der Waals surface area contributed by atoms with Gasteiger partial charge in [0.05, 0.1) is 4.91 Å². The molecule has 1 saturated heterocycles. The lowest BCUT2D eigenvalue weighted by molar-refractivity contribution is -0.125. The fourth-order valence-corrected chi connectivity index (χ4v) is 3.82. The molecule has 3 aliphatic rings. The van der Waals surface area contributed by atoms with E-state index in [9.17, 15) is 14.4 Å². The largest absolute Gasteiger partial charge is 0.454 e. The van der Waals surface area contributed by atoms with Gasteiger partial charge in [0, 0.05) is 19.0 Å². The van der Waals surface area contributed by atoms with Crippen molar-refractivity contribution >= 4 is 34.9 Å². The number of nitrogens with one attached hydrogen (secondary N) is 1. The van der Waals surface area contributed by atoms with E-state index in [1.54, 1.807) is 24.3 Å². The molecule has 7 nitrogen and oxygen atoms in total. The van der Waals surface area contributed by atoms with E-state index in [2.05, 4.69) is 5.32 Å². The van der Waals surface area contributed by atoms with Crippen LogP contribution in [0, 0.1) is 11.8 Å². The van der Waals surface area contributed by atoms with E-state index in [0.29, 0.717) is 22.3 Å². The van der Waals surface area contributed by atoms with Crippen LogP contribution in [0.1, 0.15) is 18.9 Å². The fraction of sp³-hybridized carbons (Fsp3) is 0.389. The van der Waals surface area contributed by atoms with Crippen molar-refractivity contribution in [2.24, 2.45) is 11.8 Å². The SMILES string of the molecule is CC1CC1C(=O)NCCN1C(=O)S/C(=C\c2ccc3c(c2)OCO3)C1=O. The molecule has 8 heteroatoms. The molecule has 26 heavy (non-hydrogen) atoms. The quantitative estimate of drug-likeness (QED) is 0.796. The summed E-state index contributed by atoms with van der Waals surface area (Å²) in [4.78, 5) is 37.9. The van der Waals surface area contributed by atoms with Crippen LogP contribution in [0.15, 0.2) is 23.1 Å². The maximum atomic E-state index is 12.5. The molecule has 1 saturated carbocycles. The van der Waals surface area contributed by atoms with Crippen molar-refractivity contribution in [3.63, 3.8) is 0 Å². The third-order valence-corrected chi connectivity index (χ3v) is 5.56. The molecular weight excluding hydrogens is 356 g/mol. The van der Waals surface area contributed by atoms with Gasteiger partial charge < -0.3 is 14.8 Å². The van der Waals surface area contributed by atoms with Crippen molar-refractivity contribution in [1.82, 2.24) is 10.2 Å². The number of amides is 3. The Kier molecular flexibility index (Phi) is 4.36. The summed E-state index contributed by atoms with van der Waals surface area (Å²) in [7, 11) is 0. The molecule has 0 spiro atoms. The number of carbonyl (C=O) groups is 3. The predicted molar refractivity (Wildman–Crippen MR) is 95.5 cm³/mol. The normalized spacial score (nSPS) is 25.1. The van der Waals surface area contributed by atoms with Crippen LogP contribution in [-0.2, 0) is 9.59 Å². The molecule has 1 N–H and O–H groups in total. The molecule has 3 amide bonds. The van der Waals surface area contributed by atoms with Crippen LogP contribution in [0.25, 0.3) is 6.08 Å². The molecule has 4 rings (SSSR count). The Hall–Kier alpha value is -2.48. The molecule has 1 aliphatic carbocycles. The average molecular weight is 374 g/mol. The zero-order valence-corrected chi connectivity index (χ0v) is 15.0. The molecule has 136 valence electrons.